The SMILES string of the molecule is Cc1ncc(-c2cnc3cnc(CC(=O)C4CCC(N(C)CC(F)F)CC4)cc3c2)o1. The van der Waals surface area contributed by atoms with E-state index in [0.29, 0.717) is 17.3 Å². The molecule has 4 rings (SSSR count). The summed E-state index contributed by atoms with van der Waals surface area (Å²) in [5.41, 5.74) is 2.28. The van der Waals surface area contributed by atoms with Gasteiger partial charge < -0.3 is 4.42 Å². The zero-order valence-corrected chi connectivity index (χ0v) is 17.7. The van der Waals surface area contributed by atoms with Crippen molar-refractivity contribution in [3.05, 3.63) is 42.3 Å². The first-order valence-corrected chi connectivity index (χ1v) is 10.6. The first-order chi connectivity index (χ1) is 14.9. The molecule has 8 heteroatoms. The van der Waals surface area contributed by atoms with E-state index in [0.717, 1.165) is 42.1 Å². The van der Waals surface area contributed by atoms with Gasteiger partial charge in [-0.05, 0) is 44.9 Å². The molecule has 0 unspecified atom stereocenters. The van der Waals surface area contributed by atoms with E-state index in [-0.39, 0.29) is 30.7 Å². The molecule has 1 aliphatic rings. The van der Waals surface area contributed by atoms with Gasteiger partial charge in [0.05, 0.1) is 24.5 Å². The molecular formula is C23H26F2N4O2. The summed E-state index contributed by atoms with van der Waals surface area (Å²) in [5.74, 6) is 1.37. The molecule has 0 aromatic carbocycles. The summed E-state index contributed by atoms with van der Waals surface area (Å²) in [7, 11) is 1.74. The van der Waals surface area contributed by atoms with Crippen LogP contribution in [0.25, 0.3) is 22.2 Å². The first kappa shape index (κ1) is 21.5. The number of fused-ring (bicyclic) bond motifs is 1. The molecule has 0 bridgehead atoms. The summed E-state index contributed by atoms with van der Waals surface area (Å²) < 4.78 is 30.8. The Hall–Kier alpha value is -2.74. The van der Waals surface area contributed by atoms with Crippen molar-refractivity contribution in [1.82, 2.24) is 19.9 Å². The summed E-state index contributed by atoms with van der Waals surface area (Å²) in [5, 5.41) is 0.890. The highest BCUT2D eigenvalue weighted by atomic mass is 19.3. The van der Waals surface area contributed by atoms with Crippen LogP contribution < -0.4 is 0 Å². The minimum atomic E-state index is -2.33. The Morgan fingerprint density at radius 3 is 2.58 bits per heavy atom. The van der Waals surface area contributed by atoms with Gasteiger partial charge in [0.15, 0.2) is 11.7 Å². The third-order valence-corrected chi connectivity index (χ3v) is 6.09. The average Bonchev–Trinajstić information content (AvgIpc) is 3.19. The third kappa shape index (κ3) is 5.12. The summed E-state index contributed by atoms with van der Waals surface area (Å²) in [6.07, 6.45) is 6.03. The molecule has 0 spiro atoms. The molecule has 6 nitrogen and oxygen atoms in total. The van der Waals surface area contributed by atoms with E-state index in [4.69, 9.17) is 4.42 Å². The molecule has 3 heterocycles. The number of hydrogen-bond donors (Lipinski definition) is 0. The van der Waals surface area contributed by atoms with Crippen LogP contribution in [-0.4, -0.2) is 51.7 Å². The van der Waals surface area contributed by atoms with Crippen LogP contribution in [0.15, 0.2) is 35.1 Å². The van der Waals surface area contributed by atoms with E-state index in [1.165, 1.54) is 0 Å². The van der Waals surface area contributed by atoms with Crippen molar-refractivity contribution in [2.75, 3.05) is 13.6 Å². The molecule has 0 aliphatic heterocycles. The van der Waals surface area contributed by atoms with Gasteiger partial charge in [-0.1, -0.05) is 0 Å². The van der Waals surface area contributed by atoms with Gasteiger partial charge in [-0.25, -0.2) is 13.8 Å². The highest BCUT2D eigenvalue weighted by Crippen LogP contribution is 2.29. The van der Waals surface area contributed by atoms with E-state index in [1.807, 2.05) is 12.1 Å². The van der Waals surface area contributed by atoms with Gasteiger partial charge in [0.2, 0.25) is 0 Å². The number of carbonyl (C=O) groups excluding carboxylic acids is 1. The predicted octanol–water partition coefficient (Wildman–Crippen LogP) is 4.46. The van der Waals surface area contributed by atoms with Gasteiger partial charge in [0.1, 0.15) is 5.78 Å². The number of Topliss-reactive ketones (excluding diaryl/α,β-unsaturated/α-hetero) is 1. The molecule has 164 valence electrons. The quantitative estimate of drug-likeness (QED) is 0.553. The zero-order chi connectivity index (χ0) is 22.0. The summed E-state index contributed by atoms with van der Waals surface area (Å²) in [6.45, 7) is 1.57. The minimum absolute atomic E-state index is 0.0321. The lowest BCUT2D eigenvalue weighted by Gasteiger charge is -2.34. The number of alkyl halides is 2. The lowest BCUT2D eigenvalue weighted by molar-refractivity contribution is -0.123. The van der Waals surface area contributed by atoms with Gasteiger partial charge in [-0.2, -0.15) is 0 Å². The highest BCUT2D eigenvalue weighted by molar-refractivity contribution is 5.86. The maximum atomic E-state index is 12.8. The summed E-state index contributed by atoms with van der Waals surface area (Å²) in [4.78, 5) is 27.5. The Morgan fingerprint density at radius 1 is 1.13 bits per heavy atom. The summed E-state index contributed by atoms with van der Waals surface area (Å²) in [6, 6.07) is 3.98. The lowest BCUT2D eigenvalue weighted by Crippen LogP contribution is -2.39. The maximum Gasteiger partial charge on any atom is 0.251 e. The average molecular weight is 428 g/mol. The van der Waals surface area contributed by atoms with E-state index in [2.05, 4.69) is 15.0 Å². The number of oxazole rings is 1. The molecule has 3 aromatic heterocycles. The number of aryl methyl sites for hydroxylation is 1. The molecule has 1 saturated carbocycles. The van der Waals surface area contributed by atoms with Crippen LogP contribution in [0.4, 0.5) is 8.78 Å². The fourth-order valence-corrected chi connectivity index (χ4v) is 4.33. The molecule has 0 N–H and O–H groups in total. The van der Waals surface area contributed by atoms with Gasteiger partial charge in [-0.3, -0.25) is 19.7 Å². The Balaban J connectivity index is 1.41. The molecule has 0 radical (unpaired) electrons. The molecule has 31 heavy (non-hydrogen) atoms. The Kier molecular flexibility index (Phi) is 6.36. The Morgan fingerprint density at radius 2 is 1.90 bits per heavy atom. The van der Waals surface area contributed by atoms with Gasteiger partial charge in [-0.15, -0.1) is 0 Å². The van der Waals surface area contributed by atoms with Gasteiger partial charge in [0.25, 0.3) is 6.43 Å². The normalized spacial score (nSPS) is 19.4. The van der Waals surface area contributed by atoms with Gasteiger partial charge in [0, 0.05) is 48.1 Å². The smallest absolute Gasteiger partial charge is 0.251 e. The van der Waals surface area contributed by atoms with Crippen molar-refractivity contribution in [3.8, 4) is 11.3 Å². The minimum Gasteiger partial charge on any atom is -0.441 e. The van der Waals surface area contributed by atoms with Crippen molar-refractivity contribution in [1.29, 1.82) is 0 Å². The number of rotatable bonds is 7. The number of aromatic nitrogens is 3. The number of halogens is 2. The van der Waals surface area contributed by atoms with Crippen LogP contribution in [0.1, 0.15) is 37.3 Å². The van der Waals surface area contributed by atoms with Crippen LogP contribution in [0.2, 0.25) is 0 Å². The molecule has 1 aliphatic carbocycles. The van der Waals surface area contributed by atoms with Crippen LogP contribution in [-0.2, 0) is 11.2 Å². The maximum absolute atomic E-state index is 12.8. The fraction of sp³-hybridized carbons (Fsp3) is 0.478. The van der Waals surface area contributed by atoms with E-state index in [9.17, 15) is 13.6 Å². The number of hydrogen-bond acceptors (Lipinski definition) is 6. The first-order valence-electron chi connectivity index (χ1n) is 10.6. The lowest BCUT2D eigenvalue weighted by atomic mass is 9.82. The van der Waals surface area contributed by atoms with Crippen molar-refractivity contribution in [2.24, 2.45) is 5.92 Å². The number of nitrogens with zero attached hydrogens (tertiary/aromatic N) is 4. The van der Waals surface area contributed by atoms with E-state index < -0.39 is 6.43 Å². The molecule has 0 atom stereocenters. The number of carbonyl (C=O) groups is 1. The fourth-order valence-electron chi connectivity index (χ4n) is 4.33. The van der Waals surface area contributed by atoms with Crippen molar-refractivity contribution in [2.45, 2.75) is 51.5 Å². The largest absolute Gasteiger partial charge is 0.441 e. The molecular weight excluding hydrogens is 402 g/mol. The monoisotopic (exact) mass is 428 g/mol. The topological polar surface area (TPSA) is 72.1 Å². The second-order valence-corrected chi connectivity index (χ2v) is 8.32. The van der Waals surface area contributed by atoms with Crippen molar-refractivity contribution >= 4 is 16.7 Å². The molecule has 1 fully saturated rings. The Bertz CT molecular complexity index is 1060. The van der Waals surface area contributed by atoms with Crippen LogP contribution in [0, 0.1) is 12.8 Å². The van der Waals surface area contributed by atoms with Crippen LogP contribution >= 0.6 is 0 Å². The van der Waals surface area contributed by atoms with E-state index in [1.54, 1.807) is 37.5 Å². The molecule has 0 saturated heterocycles. The third-order valence-electron chi connectivity index (χ3n) is 6.09. The second kappa shape index (κ2) is 9.18. The predicted molar refractivity (Wildman–Crippen MR) is 113 cm³/mol. The Labute approximate surface area is 179 Å². The van der Waals surface area contributed by atoms with Crippen molar-refractivity contribution < 1.29 is 18.0 Å². The van der Waals surface area contributed by atoms with Gasteiger partial charge >= 0.3 is 0 Å². The zero-order valence-electron chi connectivity index (χ0n) is 17.7. The second-order valence-electron chi connectivity index (χ2n) is 8.32. The van der Waals surface area contributed by atoms with Crippen LogP contribution in [0.3, 0.4) is 0 Å². The standard InChI is InChI=1S/C23H26F2N4O2/c1-14-26-12-22(31-14)17-7-16-8-18(27-11-20(16)28-10-17)9-21(30)15-3-5-19(6-4-15)29(2)13-23(24)25/h7-8,10-12,15,19,23H,3-6,9,13H2,1-2H3. The van der Waals surface area contributed by atoms with Crippen molar-refractivity contribution in [3.63, 3.8) is 0 Å². The number of pyridine rings is 2. The van der Waals surface area contributed by atoms with E-state index >= 15 is 0 Å². The number of ketones is 1. The molecule has 3 aromatic rings. The molecule has 0 amide bonds. The highest BCUT2D eigenvalue weighted by Gasteiger charge is 2.29. The van der Waals surface area contributed by atoms with Crippen LogP contribution in [0.5, 0.6) is 0 Å². The summed E-state index contributed by atoms with van der Waals surface area (Å²) >= 11 is 0.